The number of anilines is 1. The Labute approximate surface area is 92.8 Å². The van der Waals surface area contributed by atoms with Gasteiger partial charge < -0.3 is 10.8 Å². The van der Waals surface area contributed by atoms with E-state index in [2.05, 4.69) is 4.98 Å². The van der Waals surface area contributed by atoms with Gasteiger partial charge in [-0.05, 0) is 6.07 Å². The fourth-order valence-corrected chi connectivity index (χ4v) is 1.40. The molecule has 0 aliphatic carbocycles. The highest BCUT2D eigenvalue weighted by Gasteiger charge is 2.37. The predicted molar refractivity (Wildman–Crippen MR) is 50.0 cm³/mol. The first-order valence-corrected chi connectivity index (χ1v) is 4.33. The Morgan fingerprint density at radius 2 is 2.12 bits per heavy atom. The second-order valence-corrected chi connectivity index (χ2v) is 3.31. The number of aromatic nitrogens is 1. The van der Waals surface area contributed by atoms with Crippen molar-refractivity contribution >= 4 is 23.3 Å². The van der Waals surface area contributed by atoms with Crippen LogP contribution in [-0.4, -0.2) is 16.1 Å². The number of nitrogens with zero attached hydrogens (tertiary/aromatic N) is 1. The number of pyridine rings is 1. The van der Waals surface area contributed by atoms with Gasteiger partial charge >= 0.3 is 12.1 Å². The quantitative estimate of drug-likeness (QED) is 0.791. The molecule has 0 aromatic carbocycles. The fraction of sp³-hybridized carbons (Fsp3) is 0.250. The van der Waals surface area contributed by atoms with E-state index in [9.17, 15) is 18.0 Å². The zero-order valence-electron chi connectivity index (χ0n) is 7.68. The lowest BCUT2D eigenvalue weighted by atomic mass is 10.1. The average Bonchev–Trinajstić information content (AvgIpc) is 1.96. The van der Waals surface area contributed by atoms with E-state index >= 15 is 0 Å². The Morgan fingerprint density at radius 1 is 1.56 bits per heavy atom. The summed E-state index contributed by atoms with van der Waals surface area (Å²) in [6.07, 6.45) is -5.65. The summed E-state index contributed by atoms with van der Waals surface area (Å²) in [6.45, 7) is 0. The number of carboxylic acid groups (broad SMARTS) is 1. The molecule has 3 N–H and O–H groups in total. The number of nitrogen functional groups attached to an aromatic ring is 1. The SMILES string of the molecule is Nc1cc(Cl)nc(CC(=O)O)c1C(F)(F)F. The van der Waals surface area contributed by atoms with Crippen molar-refractivity contribution in [1.82, 2.24) is 4.98 Å². The maximum atomic E-state index is 12.5. The highest BCUT2D eigenvalue weighted by Crippen LogP contribution is 2.36. The Balaban J connectivity index is 3.38. The maximum absolute atomic E-state index is 12.5. The summed E-state index contributed by atoms with van der Waals surface area (Å²) in [6, 6.07) is 0.829. The first-order valence-electron chi connectivity index (χ1n) is 3.95. The zero-order valence-corrected chi connectivity index (χ0v) is 8.43. The average molecular weight is 255 g/mol. The van der Waals surface area contributed by atoms with Crippen molar-refractivity contribution in [3.05, 3.63) is 22.5 Å². The Bertz CT molecular complexity index is 434. The van der Waals surface area contributed by atoms with E-state index in [-0.39, 0.29) is 5.15 Å². The highest BCUT2D eigenvalue weighted by atomic mass is 35.5. The lowest BCUT2D eigenvalue weighted by molar-refractivity contribution is -0.139. The Hall–Kier alpha value is -1.50. The summed E-state index contributed by atoms with van der Waals surface area (Å²) in [4.78, 5) is 13.7. The third kappa shape index (κ3) is 2.75. The molecule has 0 bridgehead atoms. The van der Waals surface area contributed by atoms with E-state index in [0.717, 1.165) is 6.07 Å². The molecule has 0 fully saturated rings. The van der Waals surface area contributed by atoms with Crippen molar-refractivity contribution in [2.24, 2.45) is 0 Å². The van der Waals surface area contributed by atoms with Gasteiger partial charge in [0.2, 0.25) is 0 Å². The molecule has 0 saturated carbocycles. The van der Waals surface area contributed by atoms with Crippen LogP contribution in [0.15, 0.2) is 6.07 Å². The van der Waals surface area contributed by atoms with Crippen molar-refractivity contribution in [2.45, 2.75) is 12.6 Å². The molecule has 0 saturated heterocycles. The third-order valence-corrected chi connectivity index (χ3v) is 1.89. The van der Waals surface area contributed by atoms with Gasteiger partial charge in [-0.1, -0.05) is 11.6 Å². The van der Waals surface area contributed by atoms with Gasteiger partial charge in [0.15, 0.2) is 0 Å². The second kappa shape index (κ2) is 4.17. The number of hydrogen-bond acceptors (Lipinski definition) is 3. The number of hydrogen-bond donors (Lipinski definition) is 2. The van der Waals surface area contributed by atoms with Crippen molar-refractivity contribution in [1.29, 1.82) is 0 Å². The van der Waals surface area contributed by atoms with Gasteiger partial charge in [0, 0.05) is 5.69 Å². The van der Waals surface area contributed by atoms with Gasteiger partial charge in [0.25, 0.3) is 0 Å². The van der Waals surface area contributed by atoms with Crippen LogP contribution >= 0.6 is 11.6 Å². The molecule has 0 spiro atoms. The molecule has 0 unspecified atom stereocenters. The Morgan fingerprint density at radius 3 is 2.56 bits per heavy atom. The number of aliphatic carboxylic acids is 1. The Kier molecular flexibility index (Phi) is 3.27. The molecule has 4 nitrogen and oxygen atoms in total. The minimum atomic E-state index is -4.76. The molecule has 16 heavy (non-hydrogen) atoms. The molecular formula is C8H6ClF3N2O2. The molecule has 88 valence electrons. The van der Waals surface area contributed by atoms with E-state index < -0.39 is 35.5 Å². The van der Waals surface area contributed by atoms with Crippen LogP contribution in [0.25, 0.3) is 0 Å². The number of carboxylic acids is 1. The number of rotatable bonds is 2. The van der Waals surface area contributed by atoms with E-state index in [1.807, 2.05) is 0 Å². The van der Waals surface area contributed by atoms with Crippen LogP contribution in [-0.2, 0) is 17.4 Å². The molecule has 8 heteroatoms. The lowest BCUT2D eigenvalue weighted by Gasteiger charge is -2.13. The molecule has 1 heterocycles. The summed E-state index contributed by atoms with van der Waals surface area (Å²) >= 11 is 5.40. The lowest BCUT2D eigenvalue weighted by Crippen LogP contribution is -2.16. The monoisotopic (exact) mass is 254 g/mol. The fourth-order valence-electron chi connectivity index (χ4n) is 1.18. The van der Waals surface area contributed by atoms with Crippen LogP contribution in [0.3, 0.4) is 0 Å². The molecule has 0 atom stereocenters. The van der Waals surface area contributed by atoms with E-state index in [0.29, 0.717) is 0 Å². The molecule has 0 aliphatic heterocycles. The van der Waals surface area contributed by atoms with Crippen molar-refractivity contribution in [3.8, 4) is 0 Å². The van der Waals surface area contributed by atoms with Crippen LogP contribution in [0.2, 0.25) is 5.15 Å². The molecule has 1 aromatic heterocycles. The molecule has 1 rings (SSSR count). The number of nitrogens with two attached hydrogens (primary N) is 1. The van der Waals surface area contributed by atoms with E-state index in [1.54, 1.807) is 0 Å². The maximum Gasteiger partial charge on any atom is 0.420 e. The molecule has 0 aliphatic rings. The normalized spacial score (nSPS) is 11.5. The van der Waals surface area contributed by atoms with Gasteiger partial charge in [-0.2, -0.15) is 13.2 Å². The van der Waals surface area contributed by atoms with Gasteiger partial charge in [-0.3, -0.25) is 4.79 Å². The molecule has 1 aromatic rings. The van der Waals surface area contributed by atoms with Crippen LogP contribution in [0.4, 0.5) is 18.9 Å². The van der Waals surface area contributed by atoms with Crippen LogP contribution in [0.1, 0.15) is 11.3 Å². The second-order valence-electron chi connectivity index (χ2n) is 2.92. The summed E-state index contributed by atoms with van der Waals surface area (Å²) in [5, 5.41) is 8.17. The summed E-state index contributed by atoms with van der Waals surface area (Å²) in [5.41, 5.74) is 2.57. The van der Waals surface area contributed by atoms with Gasteiger partial charge in [-0.15, -0.1) is 0 Å². The van der Waals surface area contributed by atoms with Crippen LogP contribution in [0, 0.1) is 0 Å². The minimum Gasteiger partial charge on any atom is -0.481 e. The molecule has 0 amide bonds. The summed E-state index contributed by atoms with van der Waals surface area (Å²) in [7, 11) is 0. The van der Waals surface area contributed by atoms with Gasteiger partial charge in [0.05, 0.1) is 12.1 Å². The van der Waals surface area contributed by atoms with Gasteiger partial charge in [-0.25, -0.2) is 4.98 Å². The van der Waals surface area contributed by atoms with E-state index in [4.69, 9.17) is 22.4 Å². The highest BCUT2D eigenvalue weighted by molar-refractivity contribution is 6.29. The van der Waals surface area contributed by atoms with Crippen molar-refractivity contribution < 1.29 is 23.1 Å². The minimum absolute atomic E-state index is 0.276. The first-order chi connectivity index (χ1) is 7.21. The first kappa shape index (κ1) is 12.6. The largest absolute Gasteiger partial charge is 0.481 e. The number of alkyl halides is 3. The number of halogens is 4. The van der Waals surface area contributed by atoms with Gasteiger partial charge in [0.1, 0.15) is 10.7 Å². The van der Waals surface area contributed by atoms with Crippen molar-refractivity contribution in [3.63, 3.8) is 0 Å². The smallest absolute Gasteiger partial charge is 0.420 e. The predicted octanol–water partition coefficient (Wildman–Crippen LogP) is 1.96. The molecular weight excluding hydrogens is 249 g/mol. The standard InChI is InChI=1S/C8H6ClF3N2O2/c9-5-1-3(13)7(8(10,11)12)4(14-5)2-6(15)16/h1H,2H2,(H2,13,14)(H,15,16). The summed E-state index contributed by atoms with van der Waals surface area (Å²) in [5.74, 6) is -1.44. The van der Waals surface area contributed by atoms with Crippen molar-refractivity contribution in [2.75, 3.05) is 5.73 Å². The summed E-state index contributed by atoms with van der Waals surface area (Å²) < 4.78 is 37.6. The van der Waals surface area contributed by atoms with Crippen LogP contribution < -0.4 is 5.73 Å². The molecule has 0 radical (unpaired) electrons. The zero-order chi connectivity index (χ0) is 12.5. The van der Waals surface area contributed by atoms with E-state index in [1.165, 1.54) is 0 Å². The topological polar surface area (TPSA) is 76.2 Å². The number of carbonyl (C=O) groups is 1. The third-order valence-electron chi connectivity index (χ3n) is 1.70. The van der Waals surface area contributed by atoms with Crippen LogP contribution in [0.5, 0.6) is 0 Å².